The molecule has 1 aromatic rings. The zero-order valence-corrected chi connectivity index (χ0v) is 11.1. The molecule has 0 spiro atoms. The van der Waals surface area contributed by atoms with Gasteiger partial charge in [0.15, 0.2) is 0 Å². The summed E-state index contributed by atoms with van der Waals surface area (Å²) in [4.78, 5) is 4.64. The van der Waals surface area contributed by atoms with Crippen molar-refractivity contribution in [2.75, 3.05) is 33.7 Å². The van der Waals surface area contributed by atoms with E-state index >= 15 is 0 Å². The number of piperazine rings is 1. The van der Waals surface area contributed by atoms with Gasteiger partial charge in [-0.05, 0) is 38.2 Å². The summed E-state index contributed by atoms with van der Waals surface area (Å²) in [5, 5.41) is 0. The third-order valence-electron chi connectivity index (χ3n) is 3.78. The number of nitrogens with two attached hydrogens (primary N) is 1. The van der Waals surface area contributed by atoms with E-state index < -0.39 is 0 Å². The maximum absolute atomic E-state index is 12.8. The van der Waals surface area contributed by atoms with Crippen LogP contribution in [0.2, 0.25) is 0 Å². The quantitative estimate of drug-likeness (QED) is 0.868. The molecule has 0 aromatic heterocycles. The van der Waals surface area contributed by atoms with E-state index in [0.717, 1.165) is 31.6 Å². The largest absolute Gasteiger partial charge is 0.326 e. The van der Waals surface area contributed by atoms with Crippen molar-refractivity contribution >= 4 is 0 Å². The van der Waals surface area contributed by atoms with Crippen molar-refractivity contribution in [1.29, 1.82) is 0 Å². The fourth-order valence-corrected chi connectivity index (χ4v) is 2.54. The van der Waals surface area contributed by atoms with Crippen molar-refractivity contribution in [1.82, 2.24) is 9.80 Å². The van der Waals surface area contributed by atoms with Crippen LogP contribution >= 0.6 is 0 Å². The summed E-state index contributed by atoms with van der Waals surface area (Å²) in [7, 11) is 4.26. The highest BCUT2D eigenvalue weighted by Crippen LogP contribution is 2.13. The molecule has 1 heterocycles. The standard InChI is InChI=1S/C14H22FN3/c1-17-7-8-18(2)14(10-17)13(16)9-11-3-5-12(15)6-4-11/h3-6,13-14H,7-10,16H2,1-2H3. The number of hydrogen-bond acceptors (Lipinski definition) is 3. The van der Waals surface area contributed by atoms with Crippen molar-refractivity contribution in [3.05, 3.63) is 35.6 Å². The van der Waals surface area contributed by atoms with E-state index in [9.17, 15) is 4.39 Å². The maximum atomic E-state index is 12.8. The second-order valence-electron chi connectivity index (χ2n) is 5.30. The van der Waals surface area contributed by atoms with Gasteiger partial charge < -0.3 is 10.6 Å². The number of nitrogens with zero attached hydrogens (tertiary/aromatic N) is 2. The number of likely N-dealkylation sites (N-methyl/N-ethyl adjacent to an activating group) is 2. The summed E-state index contributed by atoms with van der Waals surface area (Å²) < 4.78 is 12.8. The Morgan fingerprint density at radius 1 is 1.28 bits per heavy atom. The van der Waals surface area contributed by atoms with Crippen molar-refractivity contribution in [2.45, 2.75) is 18.5 Å². The normalized spacial score (nSPS) is 24.1. The minimum absolute atomic E-state index is 0.0863. The first-order valence-electron chi connectivity index (χ1n) is 6.45. The Labute approximate surface area is 108 Å². The lowest BCUT2D eigenvalue weighted by Crippen LogP contribution is -2.58. The van der Waals surface area contributed by atoms with Gasteiger partial charge in [0.25, 0.3) is 0 Å². The van der Waals surface area contributed by atoms with E-state index in [1.54, 1.807) is 0 Å². The van der Waals surface area contributed by atoms with Crippen LogP contribution in [-0.2, 0) is 6.42 Å². The van der Waals surface area contributed by atoms with Gasteiger partial charge in [-0.25, -0.2) is 4.39 Å². The lowest BCUT2D eigenvalue weighted by Gasteiger charge is -2.40. The molecule has 0 saturated carbocycles. The van der Waals surface area contributed by atoms with Gasteiger partial charge in [-0.1, -0.05) is 12.1 Å². The molecule has 0 bridgehead atoms. The molecule has 0 aliphatic carbocycles. The van der Waals surface area contributed by atoms with E-state index in [1.807, 2.05) is 12.1 Å². The zero-order chi connectivity index (χ0) is 13.1. The topological polar surface area (TPSA) is 32.5 Å². The lowest BCUT2D eigenvalue weighted by atomic mass is 9.97. The van der Waals surface area contributed by atoms with Gasteiger partial charge in [-0.2, -0.15) is 0 Å². The van der Waals surface area contributed by atoms with Gasteiger partial charge in [0.05, 0.1) is 0 Å². The van der Waals surface area contributed by atoms with E-state index in [4.69, 9.17) is 5.73 Å². The number of benzene rings is 1. The summed E-state index contributed by atoms with van der Waals surface area (Å²) in [6.07, 6.45) is 0.795. The second kappa shape index (κ2) is 5.78. The third-order valence-corrected chi connectivity index (χ3v) is 3.78. The van der Waals surface area contributed by atoms with Crippen LogP contribution < -0.4 is 5.73 Å². The molecule has 0 radical (unpaired) electrons. The molecule has 0 amide bonds. The van der Waals surface area contributed by atoms with Gasteiger partial charge in [-0.3, -0.25) is 4.90 Å². The Hall–Kier alpha value is -0.970. The Bertz CT molecular complexity index is 379. The Morgan fingerprint density at radius 3 is 2.61 bits per heavy atom. The maximum Gasteiger partial charge on any atom is 0.123 e. The Morgan fingerprint density at radius 2 is 1.94 bits per heavy atom. The van der Waals surface area contributed by atoms with Gasteiger partial charge in [-0.15, -0.1) is 0 Å². The minimum Gasteiger partial charge on any atom is -0.326 e. The van der Waals surface area contributed by atoms with Crippen LogP contribution in [-0.4, -0.2) is 55.6 Å². The average Bonchev–Trinajstić information content (AvgIpc) is 2.35. The van der Waals surface area contributed by atoms with Crippen LogP contribution in [0.25, 0.3) is 0 Å². The number of halogens is 1. The summed E-state index contributed by atoms with van der Waals surface area (Å²) >= 11 is 0. The van der Waals surface area contributed by atoms with Crippen molar-refractivity contribution in [2.24, 2.45) is 5.73 Å². The van der Waals surface area contributed by atoms with Crippen LogP contribution in [0.4, 0.5) is 4.39 Å². The first-order chi connectivity index (χ1) is 8.56. The van der Waals surface area contributed by atoms with E-state index in [-0.39, 0.29) is 11.9 Å². The van der Waals surface area contributed by atoms with Gasteiger partial charge in [0.2, 0.25) is 0 Å². The van der Waals surface area contributed by atoms with Gasteiger partial charge in [0.1, 0.15) is 5.82 Å². The predicted octanol–water partition coefficient (Wildman–Crippen LogP) is 0.941. The summed E-state index contributed by atoms with van der Waals surface area (Å²) in [6.45, 7) is 3.15. The van der Waals surface area contributed by atoms with Crippen LogP contribution in [0.3, 0.4) is 0 Å². The zero-order valence-electron chi connectivity index (χ0n) is 11.1. The Kier molecular flexibility index (Phi) is 4.32. The van der Waals surface area contributed by atoms with Crippen molar-refractivity contribution < 1.29 is 4.39 Å². The minimum atomic E-state index is -0.193. The highest BCUT2D eigenvalue weighted by molar-refractivity contribution is 5.17. The third kappa shape index (κ3) is 3.28. The molecule has 1 saturated heterocycles. The molecular weight excluding hydrogens is 229 g/mol. The fraction of sp³-hybridized carbons (Fsp3) is 0.571. The smallest absolute Gasteiger partial charge is 0.123 e. The SMILES string of the molecule is CN1CCN(C)C(C(N)Cc2ccc(F)cc2)C1. The van der Waals surface area contributed by atoms with E-state index in [1.165, 1.54) is 12.1 Å². The molecular formula is C14H22FN3. The molecule has 2 N–H and O–H groups in total. The number of rotatable bonds is 3. The van der Waals surface area contributed by atoms with Gasteiger partial charge >= 0.3 is 0 Å². The molecule has 2 atom stereocenters. The predicted molar refractivity (Wildman–Crippen MR) is 72.0 cm³/mol. The number of hydrogen-bond donors (Lipinski definition) is 1. The molecule has 4 heteroatoms. The fourth-order valence-electron chi connectivity index (χ4n) is 2.54. The van der Waals surface area contributed by atoms with Crippen LogP contribution in [0, 0.1) is 5.82 Å². The summed E-state index contributed by atoms with van der Waals surface area (Å²) in [5.41, 5.74) is 7.41. The first kappa shape index (κ1) is 13.5. The molecule has 2 unspecified atom stereocenters. The molecule has 2 rings (SSSR count). The molecule has 3 nitrogen and oxygen atoms in total. The monoisotopic (exact) mass is 251 g/mol. The molecule has 1 fully saturated rings. The lowest BCUT2D eigenvalue weighted by molar-refractivity contribution is 0.0973. The molecule has 1 aromatic carbocycles. The summed E-state index contributed by atoms with van der Waals surface area (Å²) in [6, 6.07) is 7.10. The van der Waals surface area contributed by atoms with Crippen LogP contribution in [0.5, 0.6) is 0 Å². The highest BCUT2D eigenvalue weighted by atomic mass is 19.1. The van der Waals surface area contributed by atoms with E-state index in [0.29, 0.717) is 6.04 Å². The van der Waals surface area contributed by atoms with Crippen molar-refractivity contribution in [3.8, 4) is 0 Å². The molecule has 100 valence electrons. The van der Waals surface area contributed by atoms with Crippen LogP contribution in [0.15, 0.2) is 24.3 Å². The molecule has 1 aliphatic rings. The first-order valence-corrected chi connectivity index (χ1v) is 6.45. The molecule has 1 aliphatic heterocycles. The van der Waals surface area contributed by atoms with Crippen LogP contribution in [0.1, 0.15) is 5.56 Å². The van der Waals surface area contributed by atoms with Gasteiger partial charge in [0, 0.05) is 31.7 Å². The van der Waals surface area contributed by atoms with Crippen molar-refractivity contribution in [3.63, 3.8) is 0 Å². The highest BCUT2D eigenvalue weighted by Gasteiger charge is 2.27. The Balaban J connectivity index is 1.98. The average molecular weight is 251 g/mol. The summed E-state index contributed by atoms with van der Waals surface area (Å²) in [5.74, 6) is -0.193. The second-order valence-corrected chi connectivity index (χ2v) is 5.30. The van der Waals surface area contributed by atoms with E-state index in [2.05, 4.69) is 23.9 Å². The molecule has 18 heavy (non-hydrogen) atoms.